The van der Waals surface area contributed by atoms with Crippen molar-refractivity contribution in [1.82, 2.24) is 5.32 Å². The minimum absolute atomic E-state index is 0.0389. The van der Waals surface area contributed by atoms with Gasteiger partial charge in [-0.1, -0.05) is 6.42 Å². The molecule has 0 aliphatic rings. The molecule has 0 radical (unpaired) electrons. The SMILES string of the molecule is COC(=O)CCCCCc1cc(F)cc(NC(=O)[C@H](CCC(N)=O)NC(=O)OC(C)(C)C)c1. The Bertz CT molecular complexity index is 838. The van der Waals surface area contributed by atoms with Crippen molar-refractivity contribution >= 4 is 29.6 Å². The first kappa shape index (κ1) is 27.9. The van der Waals surface area contributed by atoms with Gasteiger partial charge >= 0.3 is 12.1 Å². The van der Waals surface area contributed by atoms with Gasteiger partial charge in [-0.15, -0.1) is 0 Å². The van der Waals surface area contributed by atoms with Gasteiger partial charge in [0.2, 0.25) is 11.8 Å². The number of amides is 3. The number of nitrogens with two attached hydrogens (primary N) is 1. The number of aryl methyl sites for hydroxylation is 1. The highest BCUT2D eigenvalue weighted by Crippen LogP contribution is 2.18. The number of methoxy groups -OCH3 is 1. The van der Waals surface area contributed by atoms with Crippen LogP contribution in [0.1, 0.15) is 64.9 Å². The fourth-order valence-corrected chi connectivity index (χ4v) is 2.98. The van der Waals surface area contributed by atoms with E-state index in [2.05, 4.69) is 15.4 Å². The first-order chi connectivity index (χ1) is 15.4. The van der Waals surface area contributed by atoms with Crippen LogP contribution < -0.4 is 16.4 Å². The van der Waals surface area contributed by atoms with Gasteiger partial charge in [-0.05, 0) is 70.2 Å². The molecule has 1 atom stereocenters. The largest absolute Gasteiger partial charge is 0.469 e. The summed E-state index contributed by atoms with van der Waals surface area (Å²) >= 11 is 0. The summed E-state index contributed by atoms with van der Waals surface area (Å²) in [7, 11) is 1.34. The monoisotopic (exact) mass is 467 g/mol. The molecular weight excluding hydrogens is 433 g/mol. The molecular formula is C23H34FN3O6. The first-order valence-corrected chi connectivity index (χ1v) is 10.8. The number of primary amides is 1. The molecule has 3 amide bonds. The van der Waals surface area contributed by atoms with Crippen LogP contribution in [0.2, 0.25) is 0 Å². The van der Waals surface area contributed by atoms with E-state index in [9.17, 15) is 23.6 Å². The number of hydrogen-bond donors (Lipinski definition) is 3. The minimum atomic E-state index is -1.10. The Morgan fingerprint density at radius 2 is 1.76 bits per heavy atom. The van der Waals surface area contributed by atoms with Crippen LogP contribution in [0.5, 0.6) is 0 Å². The lowest BCUT2D eigenvalue weighted by Gasteiger charge is -2.23. The molecule has 0 saturated carbocycles. The normalized spacial score (nSPS) is 11.9. The Kier molecular flexibility index (Phi) is 11.3. The fourth-order valence-electron chi connectivity index (χ4n) is 2.98. The maximum atomic E-state index is 14.1. The Morgan fingerprint density at radius 3 is 2.36 bits per heavy atom. The van der Waals surface area contributed by atoms with Crippen LogP contribution in [0, 0.1) is 5.82 Å². The minimum Gasteiger partial charge on any atom is -0.469 e. The maximum Gasteiger partial charge on any atom is 0.408 e. The van der Waals surface area contributed by atoms with E-state index in [0.717, 1.165) is 18.9 Å². The average Bonchev–Trinajstić information content (AvgIpc) is 2.68. The van der Waals surface area contributed by atoms with Gasteiger partial charge in [0.05, 0.1) is 7.11 Å². The molecule has 4 N–H and O–H groups in total. The van der Waals surface area contributed by atoms with E-state index in [0.29, 0.717) is 24.8 Å². The summed E-state index contributed by atoms with van der Waals surface area (Å²) in [5.41, 5.74) is 5.29. The third kappa shape index (κ3) is 12.4. The van der Waals surface area contributed by atoms with Crippen LogP contribution in [0.4, 0.5) is 14.9 Å². The Balaban J connectivity index is 2.77. The van der Waals surface area contributed by atoms with E-state index in [1.54, 1.807) is 26.8 Å². The second-order valence-electron chi connectivity index (χ2n) is 8.68. The summed E-state index contributed by atoms with van der Waals surface area (Å²) in [4.78, 5) is 47.1. The third-order valence-electron chi connectivity index (χ3n) is 4.49. The molecule has 1 aromatic carbocycles. The van der Waals surface area contributed by atoms with Crippen LogP contribution in [-0.2, 0) is 30.3 Å². The van der Waals surface area contributed by atoms with E-state index in [-0.39, 0.29) is 24.5 Å². The van der Waals surface area contributed by atoms with Crippen LogP contribution >= 0.6 is 0 Å². The molecule has 184 valence electrons. The summed E-state index contributed by atoms with van der Waals surface area (Å²) in [6, 6.07) is 3.08. The molecule has 9 nitrogen and oxygen atoms in total. The van der Waals surface area contributed by atoms with E-state index in [1.165, 1.54) is 13.2 Å². The number of halogens is 1. The summed E-state index contributed by atoms with van der Waals surface area (Å²) in [5, 5.41) is 5.00. The molecule has 0 aromatic heterocycles. The highest BCUT2D eigenvalue weighted by Gasteiger charge is 2.25. The number of hydrogen-bond acceptors (Lipinski definition) is 6. The zero-order valence-electron chi connectivity index (χ0n) is 19.7. The van der Waals surface area contributed by atoms with Crippen molar-refractivity contribution in [2.24, 2.45) is 5.73 Å². The molecule has 0 aliphatic heterocycles. The number of rotatable bonds is 12. The summed E-state index contributed by atoms with van der Waals surface area (Å²) in [5.74, 6) is -2.04. The molecule has 0 bridgehead atoms. The average molecular weight is 468 g/mol. The van der Waals surface area contributed by atoms with Crippen molar-refractivity contribution in [2.75, 3.05) is 12.4 Å². The van der Waals surface area contributed by atoms with Gasteiger partial charge in [0, 0.05) is 18.5 Å². The quantitative estimate of drug-likeness (QED) is 0.319. The highest BCUT2D eigenvalue weighted by molar-refractivity contribution is 5.97. The zero-order valence-corrected chi connectivity index (χ0v) is 19.7. The number of unbranched alkanes of at least 4 members (excludes halogenated alkanes) is 2. The van der Waals surface area contributed by atoms with Crippen LogP contribution in [0.25, 0.3) is 0 Å². The van der Waals surface area contributed by atoms with E-state index < -0.39 is 35.4 Å². The molecule has 1 rings (SSSR count). The first-order valence-electron chi connectivity index (χ1n) is 10.8. The summed E-state index contributed by atoms with van der Waals surface area (Å²) in [6.07, 6.45) is 2.07. The Hall–Kier alpha value is -3.17. The van der Waals surface area contributed by atoms with Gasteiger partial charge in [-0.25, -0.2) is 9.18 Å². The van der Waals surface area contributed by atoms with Crippen molar-refractivity contribution in [3.05, 3.63) is 29.6 Å². The lowest BCUT2D eigenvalue weighted by Crippen LogP contribution is -2.46. The number of nitrogens with one attached hydrogen (secondary N) is 2. The van der Waals surface area contributed by atoms with Crippen molar-refractivity contribution in [3.8, 4) is 0 Å². The van der Waals surface area contributed by atoms with Crippen LogP contribution in [0.3, 0.4) is 0 Å². The molecule has 0 spiro atoms. The summed E-state index contributed by atoms with van der Waals surface area (Å²) in [6.45, 7) is 5.03. The second kappa shape index (κ2) is 13.4. The van der Waals surface area contributed by atoms with Gasteiger partial charge in [0.25, 0.3) is 0 Å². The molecule has 1 aromatic rings. The van der Waals surface area contributed by atoms with E-state index in [1.807, 2.05) is 0 Å². The highest BCUT2D eigenvalue weighted by atomic mass is 19.1. The molecule has 10 heteroatoms. The second-order valence-corrected chi connectivity index (χ2v) is 8.68. The molecule has 33 heavy (non-hydrogen) atoms. The molecule has 0 saturated heterocycles. The number of carbonyl (C=O) groups excluding carboxylic acids is 4. The van der Waals surface area contributed by atoms with E-state index >= 15 is 0 Å². The van der Waals surface area contributed by atoms with E-state index in [4.69, 9.17) is 10.5 Å². The molecule has 0 heterocycles. The number of anilines is 1. The van der Waals surface area contributed by atoms with Crippen LogP contribution in [0.15, 0.2) is 18.2 Å². The van der Waals surface area contributed by atoms with Crippen molar-refractivity contribution < 1.29 is 33.0 Å². The van der Waals surface area contributed by atoms with Gasteiger partial charge in [-0.3, -0.25) is 14.4 Å². The predicted molar refractivity (Wildman–Crippen MR) is 121 cm³/mol. The lowest BCUT2D eigenvalue weighted by molar-refractivity contribution is -0.140. The molecule has 0 unspecified atom stereocenters. The number of benzene rings is 1. The van der Waals surface area contributed by atoms with Gasteiger partial charge in [0.15, 0.2) is 0 Å². The van der Waals surface area contributed by atoms with Crippen LogP contribution in [-0.4, -0.2) is 42.6 Å². The summed E-state index contributed by atoms with van der Waals surface area (Å²) < 4.78 is 23.8. The van der Waals surface area contributed by atoms with Crippen molar-refractivity contribution in [2.45, 2.75) is 77.4 Å². The van der Waals surface area contributed by atoms with Gasteiger partial charge < -0.3 is 25.8 Å². The number of esters is 1. The Labute approximate surface area is 193 Å². The fraction of sp³-hybridized carbons (Fsp3) is 0.565. The maximum absolute atomic E-state index is 14.1. The van der Waals surface area contributed by atoms with Crippen molar-refractivity contribution in [3.63, 3.8) is 0 Å². The van der Waals surface area contributed by atoms with Crippen molar-refractivity contribution in [1.29, 1.82) is 0 Å². The Morgan fingerprint density at radius 1 is 1.06 bits per heavy atom. The predicted octanol–water partition coefficient (Wildman–Crippen LogP) is 3.20. The zero-order chi connectivity index (χ0) is 25.0. The van der Waals surface area contributed by atoms with Gasteiger partial charge in [0.1, 0.15) is 17.5 Å². The molecule has 0 fully saturated rings. The lowest BCUT2D eigenvalue weighted by atomic mass is 10.0. The topological polar surface area (TPSA) is 137 Å². The number of ether oxygens (including phenoxy) is 2. The smallest absolute Gasteiger partial charge is 0.408 e. The van der Waals surface area contributed by atoms with Gasteiger partial charge in [-0.2, -0.15) is 0 Å². The third-order valence-corrected chi connectivity index (χ3v) is 4.49. The number of carbonyl (C=O) groups is 4. The molecule has 0 aliphatic carbocycles. The standard InChI is InChI=1S/C23H34FN3O6/c1-23(2,3)33-22(31)27-18(10-11-19(25)28)21(30)26-17-13-15(12-16(24)14-17)8-6-5-7-9-20(29)32-4/h12-14,18H,5-11H2,1-4H3,(H2,25,28)(H,26,30)(H,27,31)/t18-/m0/s1. The number of alkyl carbamates (subject to hydrolysis) is 1.